The van der Waals surface area contributed by atoms with Crippen LogP contribution in [0, 0.1) is 0 Å². The number of aromatic nitrogens is 1. The molecule has 0 saturated heterocycles. The normalized spacial score (nSPS) is 11.8. The minimum absolute atomic E-state index is 0.00523. The molecule has 0 bridgehead atoms. The summed E-state index contributed by atoms with van der Waals surface area (Å²) in [5.74, 6) is 0. The Morgan fingerprint density at radius 3 is 2.64 bits per heavy atom. The zero-order chi connectivity index (χ0) is 8.48. The monoisotopic (exact) mass is 192 g/mol. The molecule has 0 aliphatic carbocycles. The maximum Gasteiger partial charge on any atom is 0.265 e. The van der Waals surface area contributed by atoms with E-state index in [1.165, 1.54) is 0 Å². The quantitative estimate of drug-likeness (QED) is 0.735. The molecule has 4 nitrogen and oxygen atoms in total. The van der Waals surface area contributed by atoms with Crippen LogP contribution in [0.15, 0.2) is 9.72 Å². The van der Waals surface area contributed by atoms with Crippen molar-refractivity contribution < 1.29 is 8.42 Å². The summed E-state index contributed by atoms with van der Waals surface area (Å²) in [7, 11) is -3.58. The highest BCUT2D eigenvalue weighted by Crippen LogP contribution is 2.13. The summed E-state index contributed by atoms with van der Waals surface area (Å²) < 4.78 is 21.4. The summed E-state index contributed by atoms with van der Waals surface area (Å²) in [6, 6.07) is 0. The number of thiazole rings is 1. The fourth-order valence-electron chi connectivity index (χ4n) is 0.581. The van der Waals surface area contributed by atoms with Crippen LogP contribution in [0.2, 0.25) is 0 Å². The van der Waals surface area contributed by atoms with Crippen molar-refractivity contribution in [2.75, 3.05) is 0 Å². The van der Waals surface area contributed by atoms with Crippen molar-refractivity contribution in [1.29, 1.82) is 0 Å². The summed E-state index contributed by atoms with van der Waals surface area (Å²) in [6.45, 7) is 1.90. The summed E-state index contributed by atoms with van der Waals surface area (Å²) in [5, 5.41) is 6.54. The van der Waals surface area contributed by atoms with Crippen LogP contribution in [0.1, 0.15) is 12.6 Å². The Morgan fingerprint density at radius 2 is 2.36 bits per heavy atom. The predicted molar refractivity (Wildman–Crippen MR) is 42.9 cm³/mol. The minimum atomic E-state index is -3.58. The van der Waals surface area contributed by atoms with Crippen molar-refractivity contribution in [3.8, 4) is 0 Å². The fraction of sp³-hybridized carbons (Fsp3) is 0.400. The van der Waals surface area contributed by atoms with E-state index in [4.69, 9.17) is 5.14 Å². The molecule has 2 N–H and O–H groups in total. The summed E-state index contributed by atoms with van der Waals surface area (Å²) >= 11 is 1.06. The van der Waals surface area contributed by atoms with Crippen LogP contribution in [-0.2, 0) is 16.4 Å². The third kappa shape index (κ3) is 1.98. The molecule has 0 unspecified atom stereocenters. The van der Waals surface area contributed by atoms with Gasteiger partial charge in [0.25, 0.3) is 10.0 Å². The van der Waals surface area contributed by atoms with E-state index in [0.717, 1.165) is 23.5 Å². The van der Waals surface area contributed by atoms with E-state index < -0.39 is 10.0 Å². The SMILES string of the molecule is CCc1csc(S(N)(=O)=O)n1. The molecule has 1 aromatic heterocycles. The molecule has 0 radical (unpaired) electrons. The van der Waals surface area contributed by atoms with Crippen LogP contribution >= 0.6 is 11.3 Å². The van der Waals surface area contributed by atoms with Crippen LogP contribution in [0.25, 0.3) is 0 Å². The number of primary sulfonamides is 1. The van der Waals surface area contributed by atoms with Gasteiger partial charge in [0.1, 0.15) is 0 Å². The molecule has 0 atom stereocenters. The molecule has 0 aliphatic rings. The molecule has 0 saturated carbocycles. The van der Waals surface area contributed by atoms with Gasteiger partial charge in [-0.2, -0.15) is 0 Å². The molecule has 1 heterocycles. The first-order valence-corrected chi connectivity index (χ1v) is 5.44. The molecule has 11 heavy (non-hydrogen) atoms. The number of hydrogen-bond acceptors (Lipinski definition) is 4. The maximum absolute atomic E-state index is 10.7. The van der Waals surface area contributed by atoms with E-state index in [1.54, 1.807) is 5.38 Å². The van der Waals surface area contributed by atoms with Crippen molar-refractivity contribution in [2.45, 2.75) is 17.7 Å². The molecule has 0 fully saturated rings. The molecular weight excluding hydrogens is 184 g/mol. The van der Waals surface area contributed by atoms with Crippen molar-refractivity contribution in [3.05, 3.63) is 11.1 Å². The van der Waals surface area contributed by atoms with Crippen molar-refractivity contribution >= 4 is 21.4 Å². The smallest absolute Gasteiger partial charge is 0.229 e. The van der Waals surface area contributed by atoms with Crippen LogP contribution < -0.4 is 5.14 Å². The van der Waals surface area contributed by atoms with Gasteiger partial charge in [0.15, 0.2) is 0 Å². The lowest BCUT2D eigenvalue weighted by Gasteiger charge is -1.87. The largest absolute Gasteiger partial charge is 0.265 e. The number of hydrogen-bond donors (Lipinski definition) is 1. The third-order valence-electron chi connectivity index (χ3n) is 1.14. The van der Waals surface area contributed by atoms with E-state index >= 15 is 0 Å². The highest BCUT2D eigenvalue weighted by atomic mass is 32.2. The molecule has 0 spiro atoms. The third-order valence-corrected chi connectivity index (χ3v) is 3.38. The molecule has 62 valence electrons. The second kappa shape index (κ2) is 2.88. The van der Waals surface area contributed by atoms with Crippen LogP contribution in [0.4, 0.5) is 0 Å². The standard InChI is InChI=1S/C5H8N2O2S2/c1-2-4-3-10-5(7-4)11(6,8)9/h3H,2H2,1H3,(H2,6,8,9). The number of sulfonamides is 1. The first kappa shape index (κ1) is 8.63. The Morgan fingerprint density at radius 1 is 1.73 bits per heavy atom. The van der Waals surface area contributed by atoms with Gasteiger partial charge >= 0.3 is 0 Å². The van der Waals surface area contributed by atoms with Gasteiger partial charge in [-0.3, -0.25) is 0 Å². The van der Waals surface area contributed by atoms with Gasteiger partial charge in [-0.15, -0.1) is 11.3 Å². The fourth-order valence-corrected chi connectivity index (χ4v) is 2.13. The molecule has 0 aromatic carbocycles. The summed E-state index contributed by atoms with van der Waals surface area (Å²) in [5.41, 5.74) is 0.763. The molecule has 1 rings (SSSR count). The van der Waals surface area contributed by atoms with E-state index in [1.807, 2.05) is 6.92 Å². The van der Waals surface area contributed by atoms with Crippen LogP contribution in [0.5, 0.6) is 0 Å². The molecule has 0 aliphatic heterocycles. The maximum atomic E-state index is 10.7. The van der Waals surface area contributed by atoms with Gasteiger partial charge in [0.05, 0.1) is 5.69 Å². The lowest BCUT2D eigenvalue weighted by molar-refractivity contribution is 0.596. The average Bonchev–Trinajstić information content (AvgIpc) is 2.32. The number of aryl methyl sites for hydroxylation is 1. The van der Waals surface area contributed by atoms with E-state index in [0.29, 0.717) is 0 Å². The number of nitrogens with zero attached hydrogens (tertiary/aromatic N) is 1. The Hall–Kier alpha value is -0.460. The average molecular weight is 192 g/mol. The molecular formula is C5H8N2O2S2. The lowest BCUT2D eigenvalue weighted by atomic mass is 10.4. The lowest BCUT2D eigenvalue weighted by Crippen LogP contribution is -2.11. The summed E-state index contributed by atoms with van der Waals surface area (Å²) in [4.78, 5) is 3.81. The zero-order valence-electron chi connectivity index (χ0n) is 5.94. The highest BCUT2D eigenvalue weighted by molar-refractivity contribution is 7.91. The van der Waals surface area contributed by atoms with Crippen LogP contribution in [0.3, 0.4) is 0 Å². The summed E-state index contributed by atoms with van der Waals surface area (Å²) in [6.07, 6.45) is 0.728. The second-order valence-electron chi connectivity index (χ2n) is 2.00. The second-order valence-corrected chi connectivity index (χ2v) is 4.60. The van der Waals surface area contributed by atoms with Gasteiger partial charge in [-0.05, 0) is 6.42 Å². The van der Waals surface area contributed by atoms with E-state index in [2.05, 4.69) is 4.98 Å². The van der Waals surface area contributed by atoms with Crippen molar-refractivity contribution in [2.24, 2.45) is 5.14 Å². The minimum Gasteiger partial charge on any atom is -0.229 e. The predicted octanol–water partition coefficient (Wildman–Crippen LogP) is 0.353. The van der Waals surface area contributed by atoms with Crippen molar-refractivity contribution in [3.63, 3.8) is 0 Å². The van der Waals surface area contributed by atoms with Crippen molar-refractivity contribution in [1.82, 2.24) is 4.98 Å². The van der Waals surface area contributed by atoms with Gasteiger partial charge in [0.2, 0.25) is 4.34 Å². The Kier molecular flexibility index (Phi) is 2.26. The highest BCUT2D eigenvalue weighted by Gasteiger charge is 2.11. The van der Waals surface area contributed by atoms with E-state index in [-0.39, 0.29) is 4.34 Å². The molecule has 1 aromatic rings. The molecule has 6 heteroatoms. The van der Waals surface area contributed by atoms with Crippen LogP contribution in [-0.4, -0.2) is 13.4 Å². The van der Waals surface area contributed by atoms with Gasteiger partial charge in [0, 0.05) is 5.38 Å². The Labute approximate surface area is 69.1 Å². The number of rotatable bonds is 2. The topological polar surface area (TPSA) is 73.1 Å². The van der Waals surface area contributed by atoms with Gasteiger partial charge in [-0.25, -0.2) is 18.5 Å². The first-order chi connectivity index (χ1) is 5.04. The Balaban J connectivity index is 3.09. The van der Waals surface area contributed by atoms with Gasteiger partial charge in [-0.1, -0.05) is 6.92 Å². The molecule has 0 amide bonds. The van der Waals surface area contributed by atoms with Gasteiger partial charge < -0.3 is 0 Å². The van der Waals surface area contributed by atoms with E-state index in [9.17, 15) is 8.42 Å². The first-order valence-electron chi connectivity index (χ1n) is 3.01. The number of nitrogens with two attached hydrogens (primary N) is 1. The zero-order valence-corrected chi connectivity index (χ0v) is 7.58. The Bertz CT molecular complexity index is 341.